The Bertz CT molecular complexity index is 258. The fraction of sp³-hybridized carbons (Fsp3) is 0.500. The summed E-state index contributed by atoms with van der Waals surface area (Å²) < 4.78 is 0. The summed E-state index contributed by atoms with van der Waals surface area (Å²) in [5, 5.41) is 0. The lowest BCUT2D eigenvalue weighted by Gasteiger charge is -2.40. The molecule has 3 nitrogen and oxygen atoms in total. The third kappa shape index (κ3) is 1.87. The van der Waals surface area contributed by atoms with Crippen molar-refractivity contribution in [3.05, 3.63) is 30.1 Å². The largest absolute Gasteiger partial charge is 0.329 e. The van der Waals surface area contributed by atoms with Crippen LogP contribution in [0.15, 0.2) is 24.5 Å². The van der Waals surface area contributed by atoms with Crippen LogP contribution in [0.5, 0.6) is 0 Å². The average molecular weight is 177 g/mol. The van der Waals surface area contributed by atoms with E-state index in [1.165, 1.54) is 18.5 Å². The Hall–Kier alpha value is -0.930. The molecule has 0 aliphatic carbocycles. The number of rotatable bonds is 3. The maximum absolute atomic E-state index is 5.62. The van der Waals surface area contributed by atoms with Gasteiger partial charge in [-0.15, -0.1) is 0 Å². The highest BCUT2D eigenvalue weighted by molar-refractivity contribution is 5.10. The molecule has 0 spiro atoms. The van der Waals surface area contributed by atoms with E-state index in [1.807, 2.05) is 12.4 Å². The van der Waals surface area contributed by atoms with Crippen molar-refractivity contribution in [2.75, 3.05) is 13.1 Å². The Morgan fingerprint density at radius 3 is 2.77 bits per heavy atom. The summed E-state index contributed by atoms with van der Waals surface area (Å²) in [6.45, 7) is 2.99. The van der Waals surface area contributed by atoms with Crippen molar-refractivity contribution in [3.8, 4) is 0 Å². The zero-order valence-corrected chi connectivity index (χ0v) is 7.69. The summed E-state index contributed by atoms with van der Waals surface area (Å²) in [7, 11) is 0. The second kappa shape index (κ2) is 3.85. The molecule has 1 aromatic heterocycles. The van der Waals surface area contributed by atoms with Crippen LogP contribution in [-0.4, -0.2) is 29.0 Å². The molecule has 2 N–H and O–H groups in total. The van der Waals surface area contributed by atoms with Gasteiger partial charge in [0.15, 0.2) is 0 Å². The summed E-state index contributed by atoms with van der Waals surface area (Å²) in [5.74, 6) is 0. The van der Waals surface area contributed by atoms with Crippen molar-refractivity contribution in [3.63, 3.8) is 0 Å². The van der Waals surface area contributed by atoms with E-state index >= 15 is 0 Å². The minimum atomic E-state index is 0.605. The molecule has 0 amide bonds. The molecule has 70 valence electrons. The molecule has 1 fully saturated rings. The third-order valence-corrected chi connectivity index (χ3v) is 2.67. The minimum absolute atomic E-state index is 0.605. The molecule has 13 heavy (non-hydrogen) atoms. The predicted molar refractivity (Wildman–Crippen MR) is 52.1 cm³/mol. The molecule has 1 aromatic rings. The predicted octanol–water partition coefficient (Wildman–Crippen LogP) is 0.615. The summed E-state index contributed by atoms with van der Waals surface area (Å²) in [4.78, 5) is 6.40. The highest BCUT2D eigenvalue weighted by Gasteiger charge is 2.25. The first-order valence-electron chi connectivity index (χ1n) is 4.73. The van der Waals surface area contributed by atoms with Crippen LogP contribution in [-0.2, 0) is 6.54 Å². The van der Waals surface area contributed by atoms with Gasteiger partial charge in [-0.2, -0.15) is 0 Å². The number of aromatic nitrogens is 1. The summed E-state index contributed by atoms with van der Waals surface area (Å²) in [5.41, 5.74) is 6.95. The summed E-state index contributed by atoms with van der Waals surface area (Å²) in [6.07, 6.45) is 4.93. The second-order valence-electron chi connectivity index (χ2n) is 3.50. The van der Waals surface area contributed by atoms with E-state index in [1.54, 1.807) is 0 Å². The van der Waals surface area contributed by atoms with Gasteiger partial charge in [0.1, 0.15) is 0 Å². The Balaban J connectivity index is 1.92. The molecule has 3 heteroatoms. The summed E-state index contributed by atoms with van der Waals surface area (Å²) >= 11 is 0. The molecule has 2 heterocycles. The number of nitrogens with zero attached hydrogens (tertiary/aromatic N) is 2. The van der Waals surface area contributed by atoms with Crippen LogP contribution in [0.25, 0.3) is 0 Å². The van der Waals surface area contributed by atoms with Gasteiger partial charge in [-0.25, -0.2) is 0 Å². The highest BCUT2D eigenvalue weighted by Crippen LogP contribution is 2.18. The Morgan fingerprint density at radius 1 is 1.46 bits per heavy atom. The van der Waals surface area contributed by atoms with Crippen LogP contribution in [0, 0.1) is 0 Å². The number of likely N-dealkylation sites (tertiary alicyclic amines) is 1. The third-order valence-electron chi connectivity index (χ3n) is 2.67. The molecule has 1 saturated heterocycles. The van der Waals surface area contributed by atoms with E-state index in [2.05, 4.69) is 22.0 Å². The first-order valence-corrected chi connectivity index (χ1v) is 4.73. The standard InChI is InChI=1S/C10H15N3/c11-7-10-3-6-13(10)8-9-1-4-12-5-2-9/h1-2,4-5,10H,3,6-8,11H2. The van der Waals surface area contributed by atoms with Gasteiger partial charge in [0.25, 0.3) is 0 Å². The lowest BCUT2D eigenvalue weighted by molar-refractivity contribution is 0.0882. The van der Waals surface area contributed by atoms with Crippen LogP contribution >= 0.6 is 0 Å². The van der Waals surface area contributed by atoms with Gasteiger partial charge in [-0.05, 0) is 24.1 Å². The van der Waals surface area contributed by atoms with E-state index in [0.29, 0.717) is 6.04 Å². The first-order chi connectivity index (χ1) is 6.40. The fourth-order valence-electron chi connectivity index (χ4n) is 1.69. The number of hydrogen-bond acceptors (Lipinski definition) is 3. The molecule has 0 radical (unpaired) electrons. The average Bonchev–Trinajstić information content (AvgIpc) is 2.15. The topological polar surface area (TPSA) is 42.1 Å². The number of pyridine rings is 1. The van der Waals surface area contributed by atoms with Crippen LogP contribution in [0.3, 0.4) is 0 Å². The molecule has 0 aromatic carbocycles. The Morgan fingerprint density at radius 2 is 2.23 bits per heavy atom. The quantitative estimate of drug-likeness (QED) is 0.735. The fourth-order valence-corrected chi connectivity index (χ4v) is 1.69. The van der Waals surface area contributed by atoms with Crippen LogP contribution in [0.1, 0.15) is 12.0 Å². The van der Waals surface area contributed by atoms with Gasteiger partial charge in [-0.3, -0.25) is 9.88 Å². The first kappa shape index (κ1) is 8.66. The summed E-state index contributed by atoms with van der Waals surface area (Å²) in [6, 6.07) is 4.73. The van der Waals surface area contributed by atoms with Gasteiger partial charge in [0, 0.05) is 38.1 Å². The van der Waals surface area contributed by atoms with Gasteiger partial charge < -0.3 is 5.73 Å². The maximum Gasteiger partial charge on any atom is 0.0271 e. The zero-order valence-electron chi connectivity index (χ0n) is 7.69. The Kier molecular flexibility index (Phi) is 2.57. The van der Waals surface area contributed by atoms with Crippen LogP contribution < -0.4 is 5.73 Å². The minimum Gasteiger partial charge on any atom is -0.329 e. The van der Waals surface area contributed by atoms with E-state index in [0.717, 1.165) is 13.1 Å². The van der Waals surface area contributed by atoms with Crippen LogP contribution in [0.4, 0.5) is 0 Å². The molecular formula is C10H15N3. The molecule has 1 aliphatic rings. The van der Waals surface area contributed by atoms with Crippen molar-refractivity contribution in [2.24, 2.45) is 5.73 Å². The number of hydrogen-bond donors (Lipinski definition) is 1. The molecule has 1 atom stereocenters. The normalized spacial score (nSPS) is 22.7. The van der Waals surface area contributed by atoms with Crippen molar-refractivity contribution in [2.45, 2.75) is 19.0 Å². The molecule has 1 aliphatic heterocycles. The Labute approximate surface area is 78.6 Å². The lowest BCUT2D eigenvalue weighted by Crippen LogP contribution is -2.50. The highest BCUT2D eigenvalue weighted by atomic mass is 15.2. The van der Waals surface area contributed by atoms with Crippen LogP contribution in [0.2, 0.25) is 0 Å². The molecule has 0 saturated carbocycles. The van der Waals surface area contributed by atoms with Gasteiger partial charge in [0.2, 0.25) is 0 Å². The van der Waals surface area contributed by atoms with E-state index in [9.17, 15) is 0 Å². The van der Waals surface area contributed by atoms with E-state index < -0.39 is 0 Å². The smallest absolute Gasteiger partial charge is 0.0271 e. The molecular weight excluding hydrogens is 162 g/mol. The SMILES string of the molecule is NCC1CCN1Cc1ccncc1. The molecule has 2 rings (SSSR count). The zero-order chi connectivity index (χ0) is 9.10. The van der Waals surface area contributed by atoms with Crippen molar-refractivity contribution in [1.82, 2.24) is 9.88 Å². The second-order valence-corrected chi connectivity index (χ2v) is 3.50. The monoisotopic (exact) mass is 177 g/mol. The lowest BCUT2D eigenvalue weighted by atomic mass is 10.0. The van der Waals surface area contributed by atoms with Crippen molar-refractivity contribution >= 4 is 0 Å². The van der Waals surface area contributed by atoms with Crippen molar-refractivity contribution in [1.29, 1.82) is 0 Å². The van der Waals surface area contributed by atoms with Gasteiger partial charge in [-0.1, -0.05) is 0 Å². The number of nitrogens with two attached hydrogens (primary N) is 1. The van der Waals surface area contributed by atoms with E-state index in [4.69, 9.17) is 5.73 Å². The van der Waals surface area contributed by atoms with Gasteiger partial charge in [0.05, 0.1) is 0 Å². The maximum atomic E-state index is 5.62. The van der Waals surface area contributed by atoms with E-state index in [-0.39, 0.29) is 0 Å². The molecule has 1 unspecified atom stereocenters. The van der Waals surface area contributed by atoms with Gasteiger partial charge >= 0.3 is 0 Å². The van der Waals surface area contributed by atoms with Crippen molar-refractivity contribution < 1.29 is 0 Å². The molecule has 0 bridgehead atoms.